The van der Waals surface area contributed by atoms with E-state index in [-0.39, 0.29) is 16.8 Å². The Kier molecular flexibility index (Phi) is 6.09. The molecule has 2 heterocycles. The largest absolute Gasteiger partial charge is 0.328 e. The number of imidazole rings is 1. The van der Waals surface area contributed by atoms with Crippen molar-refractivity contribution in [2.75, 3.05) is 19.0 Å². The molecule has 0 fully saturated rings. The molecule has 1 aromatic heterocycles. The molecule has 1 atom stereocenters. The topological polar surface area (TPSA) is 75.5 Å². The van der Waals surface area contributed by atoms with Crippen LogP contribution in [0.2, 0.25) is 0 Å². The maximum absolute atomic E-state index is 13.2. The van der Waals surface area contributed by atoms with Crippen molar-refractivity contribution in [2.45, 2.75) is 57.0 Å². The SMILES string of the molecule is CCn1c(CCC(=O)N2c3ccccc3CCC2C)nc2cc(S(=O)(=O)N(C)C)ccc21. The summed E-state index contributed by atoms with van der Waals surface area (Å²) in [7, 11) is -0.501. The van der Waals surface area contributed by atoms with E-state index >= 15 is 0 Å². The van der Waals surface area contributed by atoms with Crippen molar-refractivity contribution in [1.29, 1.82) is 0 Å². The molecule has 32 heavy (non-hydrogen) atoms. The number of sulfonamides is 1. The smallest absolute Gasteiger partial charge is 0.242 e. The number of benzene rings is 2. The third-order valence-corrected chi connectivity index (χ3v) is 8.06. The summed E-state index contributed by atoms with van der Waals surface area (Å²) in [6.45, 7) is 4.82. The van der Waals surface area contributed by atoms with Gasteiger partial charge in [-0.05, 0) is 56.5 Å². The van der Waals surface area contributed by atoms with E-state index < -0.39 is 10.0 Å². The molecule has 0 saturated carbocycles. The van der Waals surface area contributed by atoms with Gasteiger partial charge in [0, 0.05) is 45.2 Å². The Morgan fingerprint density at radius 2 is 1.94 bits per heavy atom. The van der Waals surface area contributed by atoms with Crippen molar-refractivity contribution in [3.8, 4) is 0 Å². The number of aryl methyl sites for hydroxylation is 3. The van der Waals surface area contributed by atoms with Gasteiger partial charge in [0.2, 0.25) is 15.9 Å². The van der Waals surface area contributed by atoms with Crippen LogP contribution in [0.3, 0.4) is 0 Å². The lowest BCUT2D eigenvalue weighted by atomic mass is 9.96. The molecule has 2 aromatic carbocycles. The fourth-order valence-corrected chi connectivity index (χ4v) is 5.40. The minimum absolute atomic E-state index is 0.0928. The molecular weight excluding hydrogens is 424 g/mol. The lowest BCUT2D eigenvalue weighted by Crippen LogP contribution is -2.42. The third-order valence-electron chi connectivity index (χ3n) is 6.25. The van der Waals surface area contributed by atoms with E-state index in [1.165, 1.54) is 24.0 Å². The fraction of sp³-hybridized carbons (Fsp3) is 0.417. The molecular formula is C24H30N4O3S. The Bertz CT molecular complexity index is 1260. The first kappa shape index (κ1) is 22.5. The highest BCUT2D eigenvalue weighted by atomic mass is 32.2. The number of rotatable bonds is 6. The number of aromatic nitrogens is 2. The van der Waals surface area contributed by atoms with Crippen molar-refractivity contribution in [2.24, 2.45) is 0 Å². The molecule has 0 bridgehead atoms. The van der Waals surface area contributed by atoms with Crippen LogP contribution in [0.5, 0.6) is 0 Å². The summed E-state index contributed by atoms with van der Waals surface area (Å²) in [5.41, 5.74) is 3.74. The molecule has 0 spiro atoms. The molecule has 0 radical (unpaired) electrons. The van der Waals surface area contributed by atoms with E-state index in [1.54, 1.807) is 18.2 Å². The molecule has 7 nitrogen and oxygen atoms in total. The number of carbonyl (C=O) groups excluding carboxylic acids is 1. The summed E-state index contributed by atoms with van der Waals surface area (Å²) in [6.07, 6.45) is 2.80. The Balaban J connectivity index is 1.60. The van der Waals surface area contributed by atoms with E-state index in [1.807, 2.05) is 30.0 Å². The van der Waals surface area contributed by atoms with Crippen LogP contribution in [0.4, 0.5) is 5.69 Å². The van der Waals surface area contributed by atoms with Crippen LogP contribution in [-0.2, 0) is 34.2 Å². The van der Waals surface area contributed by atoms with Crippen LogP contribution in [0.25, 0.3) is 11.0 Å². The van der Waals surface area contributed by atoms with Crippen molar-refractivity contribution in [3.63, 3.8) is 0 Å². The van der Waals surface area contributed by atoms with Crippen molar-refractivity contribution in [1.82, 2.24) is 13.9 Å². The van der Waals surface area contributed by atoms with Gasteiger partial charge in [-0.15, -0.1) is 0 Å². The van der Waals surface area contributed by atoms with Gasteiger partial charge >= 0.3 is 0 Å². The van der Waals surface area contributed by atoms with E-state index in [9.17, 15) is 13.2 Å². The highest BCUT2D eigenvalue weighted by molar-refractivity contribution is 7.89. The second-order valence-electron chi connectivity index (χ2n) is 8.49. The predicted molar refractivity (Wildman–Crippen MR) is 126 cm³/mol. The molecule has 1 aliphatic rings. The van der Waals surface area contributed by atoms with Crippen LogP contribution in [0.1, 0.15) is 38.1 Å². The Morgan fingerprint density at radius 1 is 1.19 bits per heavy atom. The van der Waals surface area contributed by atoms with Gasteiger partial charge in [-0.2, -0.15) is 0 Å². The predicted octanol–water partition coefficient (Wildman–Crippen LogP) is 3.61. The fourth-order valence-electron chi connectivity index (χ4n) is 4.48. The van der Waals surface area contributed by atoms with Crippen LogP contribution in [-0.4, -0.2) is 48.3 Å². The van der Waals surface area contributed by atoms with Crippen molar-refractivity contribution >= 4 is 32.7 Å². The van der Waals surface area contributed by atoms with Gasteiger partial charge in [-0.25, -0.2) is 17.7 Å². The number of anilines is 1. The summed E-state index contributed by atoms with van der Waals surface area (Å²) in [4.78, 5) is 20.1. The van der Waals surface area contributed by atoms with Crippen LogP contribution in [0, 0.1) is 0 Å². The maximum atomic E-state index is 13.2. The zero-order chi connectivity index (χ0) is 23.0. The van der Waals surface area contributed by atoms with Crippen LogP contribution in [0.15, 0.2) is 47.4 Å². The van der Waals surface area contributed by atoms with Gasteiger partial charge in [0.1, 0.15) is 5.82 Å². The standard InChI is InChI=1S/C24H30N4O3S/c1-5-27-22-13-12-19(32(30,31)26(3)4)16-20(22)25-23(27)14-15-24(29)28-17(2)10-11-18-8-6-7-9-21(18)28/h6-9,12-13,16-17H,5,10-11,14-15H2,1-4H3. The lowest BCUT2D eigenvalue weighted by molar-refractivity contribution is -0.119. The molecule has 170 valence electrons. The molecule has 1 amide bonds. The van der Waals surface area contributed by atoms with Crippen LogP contribution < -0.4 is 4.90 Å². The zero-order valence-electron chi connectivity index (χ0n) is 19.1. The summed E-state index contributed by atoms with van der Waals surface area (Å²) in [6, 6.07) is 13.3. The summed E-state index contributed by atoms with van der Waals surface area (Å²) >= 11 is 0. The minimum atomic E-state index is -3.53. The number of hydrogen-bond acceptors (Lipinski definition) is 4. The molecule has 4 rings (SSSR count). The van der Waals surface area contributed by atoms with Gasteiger partial charge in [-0.3, -0.25) is 4.79 Å². The van der Waals surface area contributed by atoms with Crippen molar-refractivity contribution < 1.29 is 13.2 Å². The molecule has 8 heteroatoms. The average Bonchev–Trinajstić information content (AvgIpc) is 3.13. The molecule has 3 aromatic rings. The van der Waals surface area contributed by atoms with Gasteiger partial charge in [0.15, 0.2) is 0 Å². The Labute approximate surface area is 189 Å². The first-order chi connectivity index (χ1) is 15.2. The molecule has 0 saturated heterocycles. The zero-order valence-corrected chi connectivity index (χ0v) is 19.9. The van der Waals surface area contributed by atoms with Gasteiger partial charge in [-0.1, -0.05) is 18.2 Å². The number of para-hydroxylation sites is 1. The highest BCUT2D eigenvalue weighted by Crippen LogP contribution is 2.31. The number of carbonyl (C=O) groups is 1. The Morgan fingerprint density at radius 3 is 2.66 bits per heavy atom. The first-order valence-electron chi connectivity index (χ1n) is 11.1. The van der Waals surface area contributed by atoms with Gasteiger partial charge in [0.05, 0.1) is 15.9 Å². The minimum Gasteiger partial charge on any atom is -0.328 e. The second-order valence-corrected chi connectivity index (χ2v) is 10.6. The summed E-state index contributed by atoms with van der Waals surface area (Å²) in [5.74, 6) is 0.892. The lowest BCUT2D eigenvalue weighted by Gasteiger charge is -2.35. The quantitative estimate of drug-likeness (QED) is 0.570. The monoisotopic (exact) mass is 454 g/mol. The molecule has 0 aliphatic carbocycles. The number of amides is 1. The van der Waals surface area contributed by atoms with E-state index in [4.69, 9.17) is 4.98 Å². The number of nitrogens with zero attached hydrogens (tertiary/aromatic N) is 4. The number of fused-ring (bicyclic) bond motifs is 2. The first-order valence-corrected chi connectivity index (χ1v) is 12.5. The molecule has 1 unspecified atom stereocenters. The summed E-state index contributed by atoms with van der Waals surface area (Å²) in [5, 5.41) is 0. The van der Waals surface area contributed by atoms with E-state index in [0.717, 1.165) is 29.9 Å². The highest BCUT2D eigenvalue weighted by Gasteiger charge is 2.28. The van der Waals surface area contributed by atoms with Crippen molar-refractivity contribution in [3.05, 3.63) is 53.9 Å². The molecule has 0 N–H and O–H groups in total. The van der Waals surface area contributed by atoms with E-state index in [2.05, 4.69) is 17.6 Å². The number of hydrogen-bond donors (Lipinski definition) is 0. The van der Waals surface area contributed by atoms with Gasteiger partial charge < -0.3 is 9.47 Å². The second kappa shape index (κ2) is 8.67. The van der Waals surface area contributed by atoms with E-state index in [0.29, 0.717) is 24.9 Å². The third kappa shape index (κ3) is 3.93. The Hall–Kier alpha value is -2.71. The normalized spacial score (nSPS) is 16.5. The summed E-state index contributed by atoms with van der Waals surface area (Å²) < 4.78 is 28.3. The average molecular weight is 455 g/mol. The maximum Gasteiger partial charge on any atom is 0.242 e. The molecule has 1 aliphatic heterocycles. The van der Waals surface area contributed by atoms with Gasteiger partial charge in [0.25, 0.3) is 0 Å². The van der Waals surface area contributed by atoms with Crippen LogP contribution >= 0.6 is 0 Å².